The van der Waals surface area contributed by atoms with E-state index in [1.54, 1.807) is 36.4 Å². The fraction of sp³-hybridized carbons (Fsp3) is 0.160. The Hall–Kier alpha value is -3.73. The summed E-state index contributed by atoms with van der Waals surface area (Å²) in [5.74, 6) is 1.46. The number of rotatable bonds is 9. The van der Waals surface area contributed by atoms with Crippen LogP contribution in [0.15, 0.2) is 72.8 Å². The molecule has 1 N–H and O–H groups in total. The summed E-state index contributed by atoms with van der Waals surface area (Å²) in [4.78, 5) is 12.7. The molecule has 0 heterocycles. The van der Waals surface area contributed by atoms with Gasteiger partial charge in [-0.2, -0.15) is 0 Å². The molecule has 0 aliphatic rings. The second kappa shape index (κ2) is 10.2. The molecule has 0 saturated heterocycles. The lowest BCUT2D eigenvalue weighted by Crippen LogP contribution is -2.01. The van der Waals surface area contributed by atoms with Gasteiger partial charge in [-0.3, -0.25) is 4.79 Å². The molecular formula is C25H24O5. The number of hydrogen-bond donors (Lipinski definition) is 1. The lowest BCUT2D eigenvalue weighted by Gasteiger charge is -2.11. The lowest BCUT2D eigenvalue weighted by molar-refractivity contribution is 0.104. The van der Waals surface area contributed by atoms with Gasteiger partial charge in [0.2, 0.25) is 0 Å². The predicted octanol–water partition coefficient (Wildman–Crippen LogP) is 5.27. The Bertz CT molecular complexity index is 1020. The van der Waals surface area contributed by atoms with E-state index in [2.05, 4.69) is 0 Å². The monoisotopic (exact) mass is 404 g/mol. The normalized spacial score (nSPS) is 10.7. The number of carbonyl (C=O) groups is 1. The van der Waals surface area contributed by atoms with Gasteiger partial charge in [0, 0.05) is 17.7 Å². The minimum atomic E-state index is -0.211. The van der Waals surface area contributed by atoms with E-state index in [4.69, 9.17) is 14.2 Å². The van der Waals surface area contributed by atoms with E-state index < -0.39 is 0 Å². The third-order valence-electron chi connectivity index (χ3n) is 4.40. The predicted molar refractivity (Wildman–Crippen MR) is 116 cm³/mol. The van der Waals surface area contributed by atoms with Crippen LogP contribution >= 0.6 is 0 Å². The number of aromatic hydroxyl groups is 1. The number of carbonyl (C=O) groups excluding carboxylic acids is 1. The zero-order chi connectivity index (χ0) is 21.3. The van der Waals surface area contributed by atoms with Crippen LogP contribution in [0.2, 0.25) is 0 Å². The first-order valence-corrected chi connectivity index (χ1v) is 9.63. The van der Waals surface area contributed by atoms with E-state index in [1.165, 1.54) is 19.3 Å². The smallest absolute Gasteiger partial charge is 0.189 e. The minimum absolute atomic E-state index is 0.0923. The topological polar surface area (TPSA) is 65.0 Å². The maximum absolute atomic E-state index is 12.7. The Morgan fingerprint density at radius 3 is 2.50 bits per heavy atom. The van der Waals surface area contributed by atoms with Crippen molar-refractivity contribution in [2.75, 3.05) is 13.7 Å². The molecule has 30 heavy (non-hydrogen) atoms. The van der Waals surface area contributed by atoms with Gasteiger partial charge >= 0.3 is 0 Å². The van der Waals surface area contributed by atoms with Crippen molar-refractivity contribution in [2.45, 2.75) is 13.5 Å². The van der Waals surface area contributed by atoms with Crippen LogP contribution in [0.3, 0.4) is 0 Å². The summed E-state index contributed by atoms with van der Waals surface area (Å²) in [6.07, 6.45) is 3.12. The number of phenols is 1. The molecule has 0 bridgehead atoms. The number of methoxy groups -OCH3 is 1. The molecule has 0 atom stereocenters. The van der Waals surface area contributed by atoms with Crippen LogP contribution in [0.4, 0.5) is 0 Å². The summed E-state index contributed by atoms with van der Waals surface area (Å²) in [6.45, 7) is 2.78. The molecule has 0 spiro atoms. The van der Waals surface area contributed by atoms with Crippen molar-refractivity contribution in [3.63, 3.8) is 0 Å². The van der Waals surface area contributed by atoms with Gasteiger partial charge in [0.25, 0.3) is 0 Å². The van der Waals surface area contributed by atoms with Gasteiger partial charge in [-0.15, -0.1) is 0 Å². The maximum Gasteiger partial charge on any atom is 0.189 e. The zero-order valence-electron chi connectivity index (χ0n) is 17.0. The Morgan fingerprint density at radius 1 is 0.967 bits per heavy atom. The Morgan fingerprint density at radius 2 is 1.77 bits per heavy atom. The molecule has 5 heteroatoms. The highest BCUT2D eigenvalue weighted by atomic mass is 16.5. The van der Waals surface area contributed by atoms with Crippen LogP contribution in [0.1, 0.15) is 28.4 Å². The molecule has 0 radical (unpaired) electrons. The molecule has 0 fully saturated rings. The van der Waals surface area contributed by atoms with Crippen molar-refractivity contribution in [2.24, 2.45) is 0 Å². The maximum atomic E-state index is 12.7. The standard InChI is InChI=1S/C25H24O5/c1-3-29-21-12-13-22(25(16-21)28-2)23(27)14-10-19-9-11-20(26)15-24(19)30-17-18-7-5-4-6-8-18/h4-16,26H,3,17H2,1-2H3. The SMILES string of the molecule is CCOc1ccc(C(=O)C=Cc2ccc(O)cc2OCc2ccccc2)c(OC)c1. The van der Waals surface area contributed by atoms with E-state index in [-0.39, 0.29) is 11.5 Å². The first kappa shape index (κ1) is 21.0. The van der Waals surface area contributed by atoms with E-state index in [0.717, 1.165) is 5.56 Å². The quantitative estimate of drug-likeness (QED) is 0.389. The lowest BCUT2D eigenvalue weighted by atomic mass is 10.1. The number of ketones is 1. The number of ether oxygens (including phenoxy) is 3. The average Bonchev–Trinajstić information content (AvgIpc) is 2.77. The van der Waals surface area contributed by atoms with Gasteiger partial charge < -0.3 is 19.3 Å². The van der Waals surface area contributed by atoms with Gasteiger partial charge in [-0.25, -0.2) is 0 Å². The van der Waals surface area contributed by atoms with Crippen molar-refractivity contribution in [3.8, 4) is 23.0 Å². The fourth-order valence-corrected chi connectivity index (χ4v) is 2.91. The molecule has 3 aromatic carbocycles. The second-order valence-corrected chi connectivity index (χ2v) is 6.49. The van der Waals surface area contributed by atoms with Gasteiger partial charge in [-0.05, 0) is 48.9 Å². The number of hydrogen-bond acceptors (Lipinski definition) is 5. The van der Waals surface area contributed by atoms with Crippen molar-refractivity contribution >= 4 is 11.9 Å². The third kappa shape index (κ3) is 5.41. The Labute approximate surface area is 176 Å². The van der Waals surface area contributed by atoms with Crippen LogP contribution in [0.5, 0.6) is 23.0 Å². The summed E-state index contributed by atoms with van der Waals surface area (Å²) in [6, 6.07) is 19.6. The molecule has 0 aliphatic carbocycles. The first-order valence-electron chi connectivity index (χ1n) is 9.63. The van der Waals surface area contributed by atoms with E-state index >= 15 is 0 Å². The molecule has 0 aromatic heterocycles. The minimum Gasteiger partial charge on any atom is -0.508 e. The Kier molecular flexibility index (Phi) is 7.11. The van der Waals surface area contributed by atoms with Crippen LogP contribution in [0.25, 0.3) is 6.08 Å². The second-order valence-electron chi connectivity index (χ2n) is 6.49. The zero-order valence-corrected chi connectivity index (χ0v) is 17.0. The molecule has 3 aromatic rings. The molecule has 0 aliphatic heterocycles. The van der Waals surface area contributed by atoms with Crippen molar-refractivity contribution in [1.29, 1.82) is 0 Å². The highest BCUT2D eigenvalue weighted by Crippen LogP contribution is 2.28. The van der Waals surface area contributed by atoms with Crippen molar-refractivity contribution in [3.05, 3.63) is 89.5 Å². The molecule has 5 nitrogen and oxygen atoms in total. The van der Waals surface area contributed by atoms with E-state index in [9.17, 15) is 9.90 Å². The summed E-state index contributed by atoms with van der Waals surface area (Å²) >= 11 is 0. The first-order chi connectivity index (χ1) is 14.6. The number of phenolic OH excluding ortho intramolecular Hbond substituents is 1. The van der Waals surface area contributed by atoms with Crippen LogP contribution < -0.4 is 14.2 Å². The third-order valence-corrected chi connectivity index (χ3v) is 4.40. The molecule has 0 unspecified atom stereocenters. The van der Waals surface area contributed by atoms with E-state index in [0.29, 0.717) is 41.6 Å². The summed E-state index contributed by atoms with van der Waals surface area (Å²) in [7, 11) is 1.51. The van der Waals surface area contributed by atoms with Gasteiger partial charge in [0.1, 0.15) is 29.6 Å². The van der Waals surface area contributed by atoms with Crippen LogP contribution in [-0.4, -0.2) is 24.6 Å². The molecule has 3 rings (SSSR count). The Balaban J connectivity index is 1.79. The highest BCUT2D eigenvalue weighted by Gasteiger charge is 2.12. The number of benzene rings is 3. The molecule has 0 amide bonds. The van der Waals surface area contributed by atoms with Gasteiger partial charge in [0.15, 0.2) is 5.78 Å². The van der Waals surface area contributed by atoms with Crippen LogP contribution in [-0.2, 0) is 6.61 Å². The average molecular weight is 404 g/mol. The van der Waals surface area contributed by atoms with Crippen molar-refractivity contribution in [1.82, 2.24) is 0 Å². The van der Waals surface area contributed by atoms with E-state index in [1.807, 2.05) is 37.3 Å². The molecular weight excluding hydrogens is 380 g/mol. The van der Waals surface area contributed by atoms with Gasteiger partial charge in [0.05, 0.1) is 19.3 Å². The summed E-state index contributed by atoms with van der Waals surface area (Å²) in [5.41, 5.74) is 2.12. The summed E-state index contributed by atoms with van der Waals surface area (Å²) in [5, 5.41) is 9.83. The largest absolute Gasteiger partial charge is 0.508 e. The summed E-state index contributed by atoms with van der Waals surface area (Å²) < 4.78 is 16.7. The highest BCUT2D eigenvalue weighted by molar-refractivity contribution is 6.08. The molecule has 0 saturated carbocycles. The molecule has 154 valence electrons. The van der Waals surface area contributed by atoms with Gasteiger partial charge in [-0.1, -0.05) is 30.3 Å². The fourth-order valence-electron chi connectivity index (χ4n) is 2.91. The number of allylic oxidation sites excluding steroid dienone is 1. The van der Waals surface area contributed by atoms with Crippen LogP contribution in [0, 0.1) is 0 Å². The van der Waals surface area contributed by atoms with Crippen molar-refractivity contribution < 1.29 is 24.1 Å².